The third kappa shape index (κ3) is 4.48. The van der Waals surface area contributed by atoms with Gasteiger partial charge in [-0.3, -0.25) is 9.59 Å². The SMILES string of the molecule is Cc1ccccc1-n1c(C)cc(/C=N\NC(=O)C(=O)NC[C@H]2CCCO2)c1C. The molecule has 2 aromatic rings. The van der Waals surface area contributed by atoms with E-state index in [-0.39, 0.29) is 6.10 Å². The molecule has 0 aliphatic carbocycles. The molecule has 148 valence electrons. The lowest BCUT2D eigenvalue weighted by atomic mass is 10.2. The molecule has 1 saturated heterocycles. The van der Waals surface area contributed by atoms with Crippen LogP contribution in [0.25, 0.3) is 5.69 Å². The normalized spacial score (nSPS) is 16.5. The molecule has 7 heteroatoms. The van der Waals surface area contributed by atoms with Gasteiger partial charge in [0.05, 0.1) is 12.3 Å². The van der Waals surface area contributed by atoms with Crippen molar-refractivity contribution < 1.29 is 14.3 Å². The second-order valence-electron chi connectivity index (χ2n) is 6.99. The van der Waals surface area contributed by atoms with Crippen LogP contribution in [0.2, 0.25) is 0 Å². The Balaban J connectivity index is 1.61. The molecule has 1 aromatic heterocycles. The molecule has 0 saturated carbocycles. The summed E-state index contributed by atoms with van der Waals surface area (Å²) >= 11 is 0. The predicted molar refractivity (Wildman–Crippen MR) is 108 cm³/mol. The first-order valence-electron chi connectivity index (χ1n) is 9.45. The zero-order chi connectivity index (χ0) is 20.1. The summed E-state index contributed by atoms with van der Waals surface area (Å²) in [5.74, 6) is -1.50. The Bertz CT molecular complexity index is 895. The summed E-state index contributed by atoms with van der Waals surface area (Å²) in [4.78, 5) is 23.7. The maximum atomic E-state index is 11.9. The monoisotopic (exact) mass is 382 g/mol. The van der Waals surface area contributed by atoms with Crippen molar-refractivity contribution in [3.8, 4) is 5.69 Å². The van der Waals surface area contributed by atoms with E-state index in [1.54, 1.807) is 6.21 Å². The lowest BCUT2D eigenvalue weighted by Gasteiger charge is -2.12. The van der Waals surface area contributed by atoms with E-state index in [1.807, 2.05) is 32.0 Å². The minimum absolute atomic E-state index is 0.00733. The van der Waals surface area contributed by atoms with E-state index >= 15 is 0 Å². The van der Waals surface area contributed by atoms with E-state index in [2.05, 4.69) is 39.5 Å². The molecule has 2 amide bonds. The summed E-state index contributed by atoms with van der Waals surface area (Å²) in [6, 6.07) is 10.1. The number of para-hydroxylation sites is 1. The number of benzene rings is 1. The molecule has 2 heterocycles. The number of carbonyl (C=O) groups excluding carboxylic acids is 2. The lowest BCUT2D eigenvalue weighted by molar-refractivity contribution is -0.139. The Morgan fingerprint density at radius 3 is 2.75 bits per heavy atom. The topological polar surface area (TPSA) is 84.7 Å². The van der Waals surface area contributed by atoms with Gasteiger partial charge in [-0.2, -0.15) is 5.10 Å². The number of rotatable bonds is 5. The third-order valence-corrected chi connectivity index (χ3v) is 4.92. The van der Waals surface area contributed by atoms with Crippen LogP contribution in [0.3, 0.4) is 0 Å². The number of nitrogens with one attached hydrogen (secondary N) is 2. The van der Waals surface area contributed by atoms with E-state index < -0.39 is 11.8 Å². The number of aromatic nitrogens is 1. The van der Waals surface area contributed by atoms with Crippen LogP contribution in [-0.4, -0.2) is 41.9 Å². The lowest BCUT2D eigenvalue weighted by Crippen LogP contribution is -2.41. The van der Waals surface area contributed by atoms with Gasteiger partial charge in [-0.1, -0.05) is 18.2 Å². The average molecular weight is 382 g/mol. The standard InChI is InChI=1S/C21H26N4O3/c1-14-7-4-5-9-19(14)25-15(2)11-17(16(25)3)12-23-24-21(27)20(26)22-13-18-8-6-10-28-18/h4-5,7,9,11-12,18H,6,8,10,13H2,1-3H3,(H,22,26)(H,24,27)/b23-12-/t18-/m1/s1. The second kappa shape index (κ2) is 8.84. The molecule has 7 nitrogen and oxygen atoms in total. The Morgan fingerprint density at radius 2 is 2.04 bits per heavy atom. The van der Waals surface area contributed by atoms with Gasteiger partial charge >= 0.3 is 11.8 Å². The van der Waals surface area contributed by atoms with Crippen LogP contribution in [0, 0.1) is 20.8 Å². The van der Waals surface area contributed by atoms with E-state index in [1.165, 1.54) is 5.56 Å². The Kier molecular flexibility index (Phi) is 6.26. The van der Waals surface area contributed by atoms with Crippen molar-refractivity contribution >= 4 is 18.0 Å². The molecule has 1 aliphatic heterocycles. The van der Waals surface area contributed by atoms with Gasteiger partial charge in [0.15, 0.2) is 0 Å². The number of amides is 2. The average Bonchev–Trinajstić information content (AvgIpc) is 3.29. The number of hydrogen-bond donors (Lipinski definition) is 2. The van der Waals surface area contributed by atoms with E-state index in [0.717, 1.165) is 35.5 Å². The highest BCUT2D eigenvalue weighted by molar-refractivity contribution is 6.35. The quantitative estimate of drug-likeness (QED) is 0.472. The fourth-order valence-corrected chi connectivity index (χ4v) is 3.41. The van der Waals surface area contributed by atoms with Gasteiger partial charge in [0.25, 0.3) is 0 Å². The van der Waals surface area contributed by atoms with Crippen LogP contribution in [0.4, 0.5) is 0 Å². The van der Waals surface area contributed by atoms with E-state index in [9.17, 15) is 9.59 Å². The first kappa shape index (κ1) is 19.8. The van der Waals surface area contributed by atoms with Gasteiger partial charge in [0.2, 0.25) is 0 Å². The Morgan fingerprint density at radius 1 is 1.25 bits per heavy atom. The minimum atomic E-state index is -0.790. The van der Waals surface area contributed by atoms with Crippen LogP contribution in [0.15, 0.2) is 35.4 Å². The molecular weight excluding hydrogens is 356 g/mol. The molecule has 28 heavy (non-hydrogen) atoms. The van der Waals surface area contributed by atoms with Crippen molar-refractivity contribution in [2.24, 2.45) is 5.10 Å². The summed E-state index contributed by atoms with van der Waals surface area (Å²) in [5, 5.41) is 6.52. The van der Waals surface area contributed by atoms with Crippen LogP contribution >= 0.6 is 0 Å². The first-order chi connectivity index (χ1) is 13.5. The fraction of sp³-hybridized carbons (Fsp3) is 0.381. The molecule has 2 N–H and O–H groups in total. The van der Waals surface area contributed by atoms with Gasteiger partial charge in [-0.25, -0.2) is 5.43 Å². The predicted octanol–water partition coefficient (Wildman–Crippen LogP) is 2.15. The van der Waals surface area contributed by atoms with Crippen molar-refractivity contribution in [3.05, 3.63) is 52.8 Å². The maximum Gasteiger partial charge on any atom is 0.329 e. The number of carbonyl (C=O) groups is 2. The van der Waals surface area contributed by atoms with Gasteiger partial charge in [0, 0.05) is 35.8 Å². The number of aryl methyl sites for hydroxylation is 2. The van der Waals surface area contributed by atoms with Crippen LogP contribution in [-0.2, 0) is 14.3 Å². The largest absolute Gasteiger partial charge is 0.376 e. The van der Waals surface area contributed by atoms with E-state index in [4.69, 9.17) is 4.74 Å². The highest BCUT2D eigenvalue weighted by Gasteiger charge is 2.19. The number of hydrogen-bond acceptors (Lipinski definition) is 4. The number of ether oxygens (including phenoxy) is 1. The van der Waals surface area contributed by atoms with Crippen molar-refractivity contribution in [1.29, 1.82) is 0 Å². The second-order valence-corrected chi connectivity index (χ2v) is 6.99. The fourth-order valence-electron chi connectivity index (χ4n) is 3.41. The summed E-state index contributed by atoms with van der Waals surface area (Å²) in [7, 11) is 0. The molecule has 1 aromatic carbocycles. The van der Waals surface area contributed by atoms with E-state index in [0.29, 0.717) is 13.2 Å². The zero-order valence-electron chi connectivity index (χ0n) is 16.5. The zero-order valence-corrected chi connectivity index (χ0v) is 16.5. The summed E-state index contributed by atoms with van der Waals surface area (Å²) in [5.41, 5.74) is 7.50. The van der Waals surface area contributed by atoms with Crippen molar-refractivity contribution in [2.75, 3.05) is 13.2 Å². The molecule has 0 bridgehead atoms. The summed E-state index contributed by atoms with van der Waals surface area (Å²) in [6.45, 7) is 7.13. The van der Waals surface area contributed by atoms with Crippen molar-refractivity contribution in [3.63, 3.8) is 0 Å². The van der Waals surface area contributed by atoms with Gasteiger partial charge < -0.3 is 14.6 Å². The van der Waals surface area contributed by atoms with Crippen LogP contribution in [0.5, 0.6) is 0 Å². The van der Waals surface area contributed by atoms with Gasteiger partial charge in [-0.05, 0) is 51.3 Å². The highest BCUT2D eigenvalue weighted by Crippen LogP contribution is 2.22. The first-order valence-corrected chi connectivity index (χ1v) is 9.45. The molecule has 1 fully saturated rings. The number of hydrazone groups is 1. The van der Waals surface area contributed by atoms with Gasteiger partial charge in [-0.15, -0.1) is 0 Å². The Labute approximate surface area is 164 Å². The van der Waals surface area contributed by atoms with Crippen LogP contribution < -0.4 is 10.7 Å². The molecule has 1 aliphatic rings. The molecule has 1 atom stereocenters. The third-order valence-electron chi connectivity index (χ3n) is 4.92. The molecule has 3 rings (SSSR count). The molecular formula is C21H26N4O3. The molecule has 0 radical (unpaired) electrons. The van der Waals surface area contributed by atoms with Crippen molar-refractivity contribution in [2.45, 2.75) is 39.7 Å². The maximum absolute atomic E-state index is 11.9. The molecule has 0 unspecified atom stereocenters. The smallest absolute Gasteiger partial charge is 0.329 e. The van der Waals surface area contributed by atoms with Gasteiger partial charge in [0.1, 0.15) is 0 Å². The minimum Gasteiger partial charge on any atom is -0.376 e. The van der Waals surface area contributed by atoms with Crippen molar-refractivity contribution in [1.82, 2.24) is 15.3 Å². The summed E-state index contributed by atoms with van der Waals surface area (Å²) in [6.07, 6.45) is 3.43. The number of nitrogens with zero attached hydrogens (tertiary/aromatic N) is 2. The summed E-state index contributed by atoms with van der Waals surface area (Å²) < 4.78 is 7.56. The Hall–Kier alpha value is -2.93. The highest BCUT2D eigenvalue weighted by atomic mass is 16.5. The molecule has 0 spiro atoms. The van der Waals surface area contributed by atoms with Crippen LogP contribution in [0.1, 0.15) is 35.4 Å².